The van der Waals surface area contributed by atoms with Crippen LogP contribution in [0.4, 0.5) is 0 Å². The van der Waals surface area contributed by atoms with Gasteiger partial charge in [0.2, 0.25) is 0 Å². The van der Waals surface area contributed by atoms with Crippen LogP contribution in [0.25, 0.3) is 0 Å². The Labute approximate surface area is 88.4 Å². The third-order valence-corrected chi connectivity index (χ3v) is 2.79. The molecule has 0 saturated carbocycles. The highest BCUT2D eigenvalue weighted by molar-refractivity contribution is 5.14. The van der Waals surface area contributed by atoms with Gasteiger partial charge < -0.3 is 0 Å². The van der Waals surface area contributed by atoms with Gasteiger partial charge in [-0.15, -0.1) is 0 Å². The molecule has 1 rings (SSSR count). The van der Waals surface area contributed by atoms with Crippen molar-refractivity contribution >= 4 is 0 Å². The van der Waals surface area contributed by atoms with Crippen molar-refractivity contribution in [3.8, 4) is 0 Å². The van der Waals surface area contributed by atoms with Crippen LogP contribution in [-0.2, 0) is 6.42 Å². The van der Waals surface area contributed by atoms with Gasteiger partial charge in [0, 0.05) is 0 Å². The molecule has 0 heteroatoms. The van der Waals surface area contributed by atoms with Crippen molar-refractivity contribution in [2.45, 2.75) is 39.0 Å². The fourth-order valence-corrected chi connectivity index (χ4v) is 1.86. The molecule has 0 aromatic heterocycles. The lowest BCUT2D eigenvalue weighted by Gasteiger charge is -2.13. The van der Waals surface area contributed by atoms with E-state index in [0.29, 0.717) is 0 Å². The summed E-state index contributed by atoms with van der Waals surface area (Å²) >= 11 is 0. The summed E-state index contributed by atoms with van der Waals surface area (Å²) in [6.45, 7) is 6.27. The lowest BCUT2D eigenvalue weighted by atomic mass is 9.93. The number of hydrogen-bond acceptors (Lipinski definition) is 0. The summed E-state index contributed by atoms with van der Waals surface area (Å²) < 4.78 is 0. The molecule has 1 aromatic carbocycles. The molecule has 0 amide bonds. The summed E-state index contributed by atoms with van der Waals surface area (Å²) in [5.41, 5.74) is 1.46. The van der Waals surface area contributed by atoms with Crippen LogP contribution < -0.4 is 0 Å². The smallest absolute Gasteiger partial charge is 0.0276 e. The molecule has 1 atom stereocenters. The van der Waals surface area contributed by atoms with Crippen molar-refractivity contribution in [2.75, 3.05) is 0 Å². The zero-order chi connectivity index (χ0) is 10.2. The van der Waals surface area contributed by atoms with Crippen LogP contribution in [0.2, 0.25) is 0 Å². The first-order valence-corrected chi connectivity index (χ1v) is 5.70. The minimum absolute atomic E-state index is 0.820. The molecular weight excluding hydrogens is 168 g/mol. The summed E-state index contributed by atoms with van der Waals surface area (Å²) in [6, 6.07) is 10.7. The van der Waals surface area contributed by atoms with E-state index in [1.54, 1.807) is 0 Å². The molecular formula is C14H21. The molecule has 1 radical (unpaired) electrons. The van der Waals surface area contributed by atoms with Gasteiger partial charge in [-0.25, -0.2) is 0 Å². The predicted molar refractivity (Wildman–Crippen MR) is 63.1 cm³/mol. The van der Waals surface area contributed by atoms with Gasteiger partial charge in [0.05, 0.1) is 0 Å². The monoisotopic (exact) mass is 189 g/mol. The molecule has 0 aliphatic rings. The predicted octanol–water partition coefficient (Wildman–Crippen LogP) is 4.26. The number of benzene rings is 1. The molecule has 14 heavy (non-hydrogen) atoms. The maximum Gasteiger partial charge on any atom is -0.0276 e. The van der Waals surface area contributed by atoms with Gasteiger partial charge in [0.25, 0.3) is 0 Å². The van der Waals surface area contributed by atoms with E-state index in [4.69, 9.17) is 0 Å². The fraction of sp³-hybridized carbons (Fsp3) is 0.500. The number of rotatable bonds is 6. The largest absolute Gasteiger partial charge is 0.0654 e. The third kappa shape index (κ3) is 3.95. The Morgan fingerprint density at radius 1 is 1.14 bits per heavy atom. The molecule has 0 aliphatic heterocycles. The Bertz CT molecular complexity index is 225. The van der Waals surface area contributed by atoms with Gasteiger partial charge in [-0.1, -0.05) is 63.4 Å². The van der Waals surface area contributed by atoms with E-state index in [0.717, 1.165) is 12.3 Å². The Morgan fingerprint density at radius 3 is 2.43 bits per heavy atom. The first kappa shape index (κ1) is 11.3. The molecule has 0 bridgehead atoms. The van der Waals surface area contributed by atoms with Gasteiger partial charge in [0.1, 0.15) is 0 Å². The number of aryl methyl sites for hydroxylation is 1. The average molecular weight is 189 g/mol. The van der Waals surface area contributed by atoms with Crippen molar-refractivity contribution in [2.24, 2.45) is 5.92 Å². The normalized spacial score (nSPS) is 12.7. The van der Waals surface area contributed by atoms with Crippen molar-refractivity contribution in [3.63, 3.8) is 0 Å². The molecule has 0 aliphatic carbocycles. The summed E-state index contributed by atoms with van der Waals surface area (Å²) in [5.74, 6) is 0.820. The highest BCUT2D eigenvalue weighted by Gasteiger charge is 2.04. The standard InChI is InChI=1S/C14H21/c1-3-8-13(4-2)11-12-14-9-6-5-7-10-14/h5-7,9-10,13H,2-4,8,11-12H2,1H3. The summed E-state index contributed by atoms with van der Waals surface area (Å²) in [5, 5.41) is 0. The van der Waals surface area contributed by atoms with Crippen LogP contribution in [0.5, 0.6) is 0 Å². The molecule has 0 spiro atoms. The Kier molecular flexibility index (Phi) is 5.36. The molecule has 0 N–H and O–H groups in total. The van der Waals surface area contributed by atoms with Crippen molar-refractivity contribution in [1.82, 2.24) is 0 Å². The second-order valence-electron chi connectivity index (χ2n) is 3.97. The average Bonchev–Trinajstić information content (AvgIpc) is 2.25. The zero-order valence-corrected chi connectivity index (χ0v) is 9.21. The minimum Gasteiger partial charge on any atom is -0.0654 e. The van der Waals surface area contributed by atoms with Crippen molar-refractivity contribution in [3.05, 3.63) is 42.8 Å². The Morgan fingerprint density at radius 2 is 1.86 bits per heavy atom. The molecule has 1 aromatic rings. The van der Waals surface area contributed by atoms with Gasteiger partial charge in [-0.3, -0.25) is 0 Å². The van der Waals surface area contributed by atoms with E-state index in [1.807, 2.05) is 0 Å². The lowest BCUT2D eigenvalue weighted by Crippen LogP contribution is -2.00. The number of hydrogen-bond donors (Lipinski definition) is 0. The zero-order valence-electron chi connectivity index (χ0n) is 9.21. The molecule has 0 nitrogen and oxygen atoms in total. The highest BCUT2D eigenvalue weighted by Crippen LogP contribution is 2.17. The van der Waals surface area contributed by atoms with E-state index in [-0.39, 0.29) is 0 Å². The first-order chi connectivity index (χ1) is 6.86. The van der Waals surface area contributed by atoms with E-state index in [9.17, 15) is 0 Å². The maximum absolute atomic E-state index is 4.02. The van der Waals surface area contributed by atoms with Gasteiger partial charge in [-0.2, -0.15) is 0 Å². The van der Waals surface area contributed by atoms with Crippen molar-refractivity contribution in [1.29, 1.82) is 0 Å². The quantitative estimate of drug-likeness (QED) is 0.627. The van der Waals surface area contributed by atoms with Gasteiger partial charge in [0.15, 0.2) is 0 Å². The SMILES string of the molecule is [CH2]CC(CCC)CCc1ccccc1. The van der Waals surface area contributed by atoms with E-state index >= 15 is 0 Å². The lowest BCUT2D eigenvalue weighted by molar-refractivity contribution is 0.449. The Hall–Kier alpha value is -0.780. The van der Waals surface area contributed by atoms with Crippen LogP contribution in [-0.4, -0.2) is 0 Å². The second kappa shape index (κ2) is 6.64. The van der Waals surface area contributed by atoms with Crippen molar-refractivity contribution < 1.29 is 0 Å². The summed E-state index contributed by atoms with van der Waals surface area (Å²) in [6.07, 6.45) is 6.20. The van der Waals surface area contributed by atoms with Gasteiger partial charge >= 0.3 is 0 Å². The molecule has 0 heterocycles. The van der Waals surface area contributed by atoms with Crippen LogP contribution in [0.3, 0.4) is 0 Å². The Balaban J connectivity index is 2.32. The highest BCUT2D eigenvalue weighted by atomic mass is 14.1. The van der Waals surface area contributed by atoms with Crippen LogP contribution >= 0.6 is 0 Å². The summed E-state index contributed by atoms with van der Waals surface area (Å²) in [7, 11) is 0. The topological polar surface area (TPSA) is 0 Å². The second-order valence-corrected chi connectivity index (χ2v) is 3.97. The van der Waals surface area contributed by atoms with Crippen LogP contribution in [0, 0.1) is 12.8 Å². The molecule has 77 valence electrons. The van der Waals surface area contributed by atoms with E-state index < -0.39 is 0 Å². The molecule has 0 saturated heterocycles. The minimum atomic E-state index is 0.820. The van der Waals surface area contributed by atoms with Gasteiger partial charge in [-0.05, 0) is 24.3 Å². The maximum atomic E-state index is 4.02. The van der Waals surface area contributed by atoms with Crippen LogP contribution in [0.15, 0.2) is 30.3 Å². The third-order valence-electron chi connectivity index (χ3n) is 2.79. The van der Waals surface area contributed by atoms with Crippen LogP contribution in [0.1, 0.15) is 38.2 Å². The molecule has 0 fully saturated rings. The van der Waals surface area contributed by atoms with E-state index in [2.05, 4.69) is 44.2 Å². The summed E-state index contributed by atoms with van der Waals surface area (Å²) in [4.78, 5) is 0. The fourth-order valence-electron chi connectivity index (χ4n) is 1.86. The first-order valence-electron chi connectivity index (χ1n) is 5.70. The molecule has 1 unspecified atom stereocenters. The van der Waals surface area contributed by atoms with E-state index in [1.165, 1.54) is 31.2 Å².